The second-order valence-corrected chi connectivity index (χ2v) is 3.67. The number of fused-ring (bicyclic) bond motifs is 1. The number of aromatic amines is 1. The Hall–Kier alpha value is -1.51. The highest BCUT2D eigenvalue weighted by molar-refractivity contribution is 5.78. The van der Waals surface area contributed by atoms with E-state index in [4.69, 9.17) is 5.73 Å². The van der Waals surface area contributed by atoms with Crippen molar-refractivity contribution in [2.24, 2.45) is 0 Å². The molecule has 1 aliphatic carbocycles. The van der Waals surface area contributed by atoms with E-state index >= 15 is 0 Å². The number of anilines is 1. The smallest absolute Gasteiger partial charge is 0.110 e. The molecule has 1 heterocycles. The Labute approximate surface area is 76.0 Å². The van der Waals surface area contributed by atoms with E-state index in [2.05, 4.69) is 9.97 Å². The Morgan fingerprint density at radius 2 is 2.23 bits per heavy atom. The topological polar surface area (TPSA) is 54.7 Å². The summed E-state index contributed by atoms with van der Waals surface area (Å²) < 4.78 is 0. The van der Waals surface area contributed by atoms with Gasteiger partial charge in [-0.15, -0.1) is 0 Å². The third kappa shape index (κ3) is 1.08. The molecule has 0 bridgehead atoms. The molecule has 1 aromatic carbocycles. The Bertz CT molecular complexity index is 454. The van der Waals surface area contributed by atoms with Gasteiger partial charge in [0.1, 0.15) is 5.82 Å². The minimum Gasteiger partial charge on any atom is -0.399 e. The molecule has 2 aromatic rings. The lowest BCUT2D eigenvalue weighted by molar-refractivity contribution is 0.986. The van der Waals surface area contributed by atoms with Crippen LogP contribution in [0, 0.1) is 0 Å². The molecule has 0 aliphatic heterocycles. The van der Waals surface area contributed by atoms with Gasteiger partial charge in [0.2, 0.25) is 0 Å². The fourth-order valence-electron chi connectivity index (χ4n) is 1.60. The van der Waals surface area contributed by atoms with Crippen molar-refractivity contribution in [3.63, 3.8) is 0 Å². The molecule has 0 amide bonds. The molecule has 3 N–H and O–H groups in total. The van der Waals surface area contributed by atoms with Crippen LogP contribution >= 0.6 is 0 Å². The standard InChI is InChI=1S/C10H11N3/c11-7-3-4-8-9(5-7)13-10(12-8)6-1-2-6/h3-6H,1-2,11H2,(H,12,13). The number of hydrogen-bond donors (Lipinski definition) is 2. The summed E-state index contributed by atoms with van der Waals surface area (Å²) in [6, 6.07) is 5.79. The van der Waals surface area contributed by atoms with E-state index in [1.807, 2.05) is 18.2 Å². The number of imidazole rings is 1. The van der Waals surface area contributed by atoms with Crippen molar-refractivity contribution >= 4 is 16.7 Å². The second kappa shape index (κ2) is 2.25. The predicted molar refractivity (Wildman–Crippen MR) is 52.5 cm³/mol. The van der Waals surface area contributed by atoms with Crippen LogP contribution < -0.4 is 5.73 Å². The van der Waals surface area contributed by atoms with Gasteiger partial charge in [0, 0.05) is 11.6 Å². The van der Waals surface area contributed by atoms with Crippen molar-refractivity contribution in [1.29, 1.82) is 0 Å². The molecule has 1 aliphatic rings. The fourth-order valence-corrected chi connectivity index (χ4v) is 1.60. The molecule has 0 saturated heterocycles. The lowest BCUT2D eigenvalue weighted by atomic mass is 10.3. The van der Waals surface area contributed by atoms with Crippen LogP contribution in [0.4, 0.5) is 5.69 Å². The van der Waals surface area contributed by atoms with Crippen molar-refractivity contribution in [2.75, 3.05) is 5.73 Å². The molecular weight excluding hydrogens is 162 g/mol. The third-order valence-corrected chi connectivity index (χ3v) is 2.49. The molecule has 66 valence electrons. The molecule has 3 rings (SSSR count). The third-order valence-electron chi connectivity index (χ3n) is 2.49. The molecular formula is C10H11N3. The number of benzene rings is 1. The van der Waals surface area contributed by atoms with Crippen LogP contribution in [0.2, 0.25) is 0 Å². The number of rotatable bonds is 1. The zero-order valence-electron chi connectivity index (χ0n) is 7.25. The summed E-state index contributed by atoms with van der Waals surface area (Å²) in [5.74, 6) is 1.80. The van der Waals surface area contributed by atoms with Crippen molar-refractivity contribution < 1.29 is 0 Å². The van der Waals surface area contributed by atoms with E-state index in [0.29, 0.717) is 5.92 Å². The van der Waals surface area contributed by atoms with Crippen LogP contribution in [-0.2, 0) is 0 Å². The molecule has 0 spiro atoms. The maximum absolute atomic E-state index is 5.68. The van der Waals surface area contributed by atoms with Crippen molar-refractivity contribution in [2.45, 2.75) is 18.8 Å². The van der Waals surface area contributed by atoms with Gasteiger partial charge in [0.25, 0.3) is 0 Å². The van der Waals surface area contributed by atoms with Gasteiger partial charge in [-0.05, 0) is 31.0 Å². The number of nitrogens with zero attached hydrogens (tertiary/aromatic N) is 1. The average Bonchev–Trinajstić information content (AvgIpc) is 2.87. The first-order valence-corrected chi connectivity index (χ1v) is 4.58. The molecule has 0 unspecified atom stereocenters. The molecule has 0 radical (unpaired) electrons. The van der Waals surface area contributed by atoms with Crippen LogP contribution in [0.3, 0.4) is 0 Å². The number of aromatic nitrogens is 2. The van der Waals surface area contributed by atoms with Crippen LogP contribution in [0.15, 0.2) is 18.2 Å². The van der Waals surface area contributed by atoms with E-state index in [0.717, 1.165) is 22.5 Å². The van der Waals surface area contributed by atoms with Crippen molar-refractivity contribution in [3.8, 4) is 0 Å². The molecule has 1 saturated carbocycles. The number of H-pyrrole nitrogens is 1. The summed E-state index contributed by atoms with van der Waals surface area (Å²) in [5.41, 5.74) is 8.55. The van der Waals surface area contributed by atoms with Gasteiger partial charge in [-0.2, -0.15) is 0 Å². The minimum absolute atomic E-state index is 0.675. The molecule has 3 heteroatoms. The molecule has 3 nitrogen and oxygen atoms in total. The van der Waals surface area contributed by atoms with Crippen LogP contribution in [-0.4, -0.2) is 9.97 Å². The lowest BCUT2D eigenvalue weighted by Crippen LogP contribution is -1.82. The number of nitrogens with two attached hydrogens (primary N) is 1. The van der Waals surface area contributed by atoms with Crippen LogP contribution in [0.25, 0.3) is 11.0 Å². The van der Waals surface area contributed by atoms with Crippen molar-refractivity contribution in [3.05, 3.63) is 24.0 Å². The number of hydrogen-bond acceptors (Lipinski definition) is 2. The van der Waals surface area contributed by atoms with Gasteiger partial charge in [0.15, 0.2) is 0 Å². The summed E-state index contributed by atoms with van der Waals surface area (Å²) in [6.07, 6.45) is 2.55. The SMILES string of the molecule is Nc1ccc2nc(C3CC3)[nH]c2c1. The Balaban J connectivity index is 2.20. The van der Waals surface area contributed by atoms with E-state index < -0.39 is 0 Å². The second-order valence-electron chi connectivity index (χ2n) is 3.67. The highest BCUT2D eigenvalue weighted by atomic mass is 14.9. The summed E-state index contributed by atoms with van der Waals surface area (Å²) in [6.45, 7) is 0. The molecule has 1 aromatic heterocycles. The Kier molecular flexibility index (Phi) is 1.20. The highest BCUT2D eigenvalue weighted by Crippen LogP contribution is 2.39. The maximum Gasteiger partial charge on any atom is 0.110 e. The molecule has 13 heavy (non-hydrogen) atoms. The number of nitrogens with one attached hydrogen (secondary N) is 1. The highest BCUT2D eigenvalue weighted by Gasteiger charge is 2.26. The van der Waals surface area contributed by atoms with Crippen molar-refractivity contribution in [1.82, 2.24) is 9.97 Å². The zero-order valence-corrected chi connectivity index (χ0v) is 7.25. The number of nitrogen functional groups attached to an aromatic ring is 1. The average molecular weight is 173 g/mol. The first-order chi connectivity index (χ1) is 6.33. The largest absolute Gasteiger partial charge is 0.399 e. The molecule has 1 fully saturated rings. The normalized spacial score (nSPS) is 16.6. The maximum atomic E-state index is 5.68. The minimum atomic E-state index is 0.675. The molecule has 0 atom stereocenters. The van der Waals surface area contributed by atoms with Crippen LogP contribution in [0.5, 0.6) is 0 Å². The first kappa shape index (κ1) is 6.95. The summed E-state index contributed by atoms with van der Waals surface area (Å²) >= 11 is 0. The summed E-state index contributed by atoms with van der Waals surface area (Å²) in [7, 11) is 0. The van der Waals surface area contributed by atoms with Gasteiger partial charge in [-0.25, -0.2) is 4.98 Å². The Morgan fingerprint density at radius 3 is 3.00 bits per heavy atom. The quantitative estimate of drug-likeness (QED) is 0.648. The van der Waals surface area contributed by atoms with Gasteiger partial charge in [-0.3, -0.25) is 0 Å². The first-order valence-electron chi connectivity index (χ1n) is 4.58. The summed E-state index contributed by atoms with van der Waals surface area (Å²) in [4.78, 5) is 7.81. The Morgan fingerprint density at radius 1 is 1.38 bits per heavy atom. The van der Waals surface area contributed by atoms with Gasteiger partial charge in [-0.1, -0.05) is 0 Å². The van der Waals surface area contributed by atoms with Gasteiger partial charge < -0.3 is 10.7 Å². The fraction of sp³-hybridized carbons (Fsp3) is 0.300. The summed E-state index contributed by atoms with van der Waals surface area (Å²) in [5, 5.41) is 0. The van der Waals surface area contributed by atoms with Crippen LogP contribution in [0.1, 0.15) is 24.6 Å². The van der Waals surface area contributed by atoms with E-state index in [9.17, 15) is 0 Å². The lowest BCUT2D eigenvalue weighted by Gasteiger charge is -1.89. The van der Waals surface area contributed by atoms with Gasteiger partial charge in [0.05, 0.1) is 11.0 Å². The van der Waals surface area contributed by atoms with E-state index in [1.165, 1.54) is 12.8 Å². The van der Waals surface area contributed by atoms with Gasteiger partial charge >= 0.3 is 0 Å². The zero-order chi connectivity index (χ0) is 8.84. The van der Waals surface area contributed by atoms with E-state index in [-0.39, 0.29) is 0 Å². The predicted octanol–water partition coefficient (Wildman–Crippen LogP) is 2.02. The monoisotopic (exact) mass is 173 g/mol. The van der Waals surface area contributed by atoms with E-state index in [1.54, 1.807) is 0 Å².